The molecule has 0 aliphatic heterocycles. The third kappa shape index (κ3) is 12.3. The van der Waals surface area contributed by atoms with Crippen LogP contribution < -0.4 is 21.3 Å². The van der Waals surface area contributed by atoms with Gasteiger partial charge >= 0.3 is 23.9 Å². The van der Waals surface area contributed by atoms with Gasteiger partial charge in [0, 0.05) is 4.47 Å². The van der Waals surface area contributed by atoms with E-state index in [2.05, 4.69) is 47.2 Å². The zero-order chi connectivity index (χ0) is 39.0. The Morgan fingerprint density at radius 1 is 0.717 bits per heavy atom. The Kier molecular flexibility index (Phi) is 14.5. The number of amides is 2. The molecule has 0 saturated carbocycles. The van der Waals surface area contributed by atoms with Crippen molar-refractivity contribution in [2.75, 3.05) is 10.6 Å². The number of hydrogen-bond acceptors (Lipinski definition) is 13. The van der Waals surface area contributed by atoms with Gasteiger partial charge in [-0.3, -0.25) is 29.8 Å². The summed E-state index contributed by atoms with van der Waals surface area (Å²) < 4.78 is 20.8. The first kappa shape index (κ1) is 41.3. The quantitative estimate of drug-likeness (QED) is 0.0564. The summed E-state index contributed by atoms with van der Waals surface area (Å²) in [5.74, 6) is -7.45. The second-order valence-corrected chi connectivity index (χ2v) is 16.0. The SMILES string of the molecule is CC(C)CC(NC(CC(=O)Nc1nc2ccc(F)cc2s1)C(=O)O)C(=O)OC(=O)C(CC(C)C)NC(CC(=O)Nc1nc2ccc(Br)cc2s1)C(=O)O. The molecule has 0 aliphatic rings. The predicted molar refractivity (Wildman–Crippen MR) is 200 cm³/mol. The predicted octanol–water partition coefficient (Wildman–Crippen LogP) is 5.15. The maximum absolute atomic E-state index is 13.6. The Morgan fingerprint density at radius 2 is 1.15 bits per heavy atom. The van der Waals surface area contributed by atoms with Crippen molar-refractivity contribution in [3.63, 3.8) is 0 Å². The molecule has 0 spiro atoms. The average Bonchev–Trinajstić information content (AvgIpc) is 3.64. The minimum atomic E-state index is -1.59. The smallest absolute Gasteiger partial charge is 0.330 e. The molecule has 15 nitrogen and oxygen atoms in total. The molecule has 4 unspecified atom stereocenters. The Hall–Kier alpha value is -4.43. The standard InChI is InChI=1S/C34H38BrFN6O9S2/c1-15(2)9-23(37-21(29(45)46)13-27(43)41-33-39-19-7-5-17(35)11-25(19)52-33)31(49)51-32(50)24(10-16(3)4)38-22(30(47)48)14-28(44)42-34-40-20-8-6-18(36)12-26(20)53-34/h5-8,11-12,15-16,21-24,37-38H,9-10,13-14H2,1-4H3,(H,45,46)(H,47,48)(H,39,41,43)(H,40,42,44). The third-order valence-electron chi connectivity index (χ3n) is 7.56. The molecule has 6 N–H and O–H groups in total. The first-order valence-corrected chi connectivity index (χ1v) is 18.8. The Labute approximate surface area is 319 Å². The monoisotopic (exact) mass is 836 g/mol. The molecule has 19 heteroatoms. The highest BCUT2D eigenvalue weighted by Crippen LogP contribution is 2.29. The number of carboxylic acid groups (broad SMARTS) is 2. The lowest BCUT2D eigenvalue weighted by atomic mass is 10.0. The van der Waals surface area contributed by atoms with Crippen molar-refractivity contribution < 1.29 is 48.1 Å². The fourth-order valence-electron chi connectivity index (χ4n) is 5.18. The van der Waals surface area contributed by atoms with Gasteiger partial charge in [0.2, 0.25) is 11.8 Å². The summed E-state index contributed by atoms with van der Waals surface area (Å²) in [4.78, 5) is 85.4. The third-order valence-corrected chi connectivity index (χ3v) is 9.92. The summed E-state index contributed by atoms with van der Waals surface area (Å²) in [5.41, 5.74) is 1.07. The lowest BCUT2D eigenvalue weighted by molar-refractivity contribution is -0.164. The van der Waals surface area contributed by atoms with Crippen LogP contribution in [0, 0.1) is 17.7 Å². The average molecular weight is 838 g/mol. The van der Waals surface area contributed by atoms with E-state index < -0.39 is 78.5 Å². The van der Waals surface area contributed by atoms with Gasteiger partial charge in [0.15, 0.2) is 10.3 Å². The Morgan fingerprint density at radius 3 is 1.58 bits per heavy atom. The molecule has 0 bridgehead atoms. The zero-order valence-electron chi connectivity index (χ0n) is 29.0. The number of rotatable bonds is 18. The summed E-state index contributed by atoms with van der Waals surface area (Å²) in [5, 5.41) is 30.5. The van der Waals surface area contributed by atoms with Crippen molar-refractivity contribution in [2.24, 2.45) is 11.8 Å². The van der Waals surface area contributed by atoms with Gasteiger partial charge in [-0.1, -0.05) is 66.3 Å². The lowest BCUT2D eigenvalue weighted by Crippen LogP contribution is -2.53. The molecule has 2 amide bonds. The summed E-state index contributed by atoms with van der Waals surface area (Å²) >= 11 is 5.56. The number of anilines is 2. The number of carbonyl (C=O) groups excluding carboxylic acids is 4. The fraction of sp³-hybridized carbons (Fsp3) is 0.412. The summed E-state index contributed by atoms with van der Waals surface area (Å²) in [7, 11) is 0. The van der Waals surface area contributed by atoms with Crippen LogP contribution in [-0.2, 0) is 33.5 Å². The Bertz CT molecular complexity index is 1870. The van der Waals surface area contributed by atoms with Crippen molar-refractivity contribution in [1.82, 2.24) is 20.6 Å². The number of esters is 2. The fourth-order valence-corrected chi connectivity index (χ4v) is 7.53. The molecule has 4 rings (SSSR count). The zero-order valence-corrected chi connectivity index (χ0v) is 32.2. The molecule has 0 radical (unpaired) electrons. The summed E-state index contributed by atoms with van der Waals surface area (Å²) in [6.07, 6.45) is -1.17. The van der Waals surface area contributed by atoms with Crippen LogP contribution in [0.3, 0.4) is 0 Å². The van der Waals surface area contributed by atoms with Crippen LogP contribution >= 0.6 is 38.6 Å². The highest BCUT2D eigenvalue weighted by Gasteiger charge is 2.35. The molecular weight excluding hydrogens is 799 g/mol. The Balaban J connectivity index is 1.41. The normalized spacial score (nSPS) is 13.8. The van der Waals surface area contributed by atoms with E-state index >= 15 is 0 Å². The molecule has 2 aromatic carbocycles. The van der Waals surface area contributed by atoms with E-state index in [-0.39, 0.29) is 34.9 Å². The number of aliphatic carboxylic acids is 2. The number of benzene rings is 2. The number of nitrogens with zero attached hydrogens (tertiary/aromatic N) is 2. The van der Waals surface area contributed by atoms with E-state index in [0.717, 1.165) is 20.5 Å². The van der Waals surface area contributed by atoms with E-state index in [4.69, 9.17) is 4.74 Å². The molecule has 0 aliphatic carbocycles. The summed E-state index contributed by atoms with van der Waals surface area (Å²) in [6, 6.07) is 3.43. The van der Waals surface area contributed by atoms with E-state index in [1.807, 2.05) is 6.07 Å². The van der Waals surface area contributed by atoms with Crippen molar-refractivity contribution >= 4 is 105 Å². The van der Waals surface area contributed by atoms with Crippen LogP contribution in [0.4, 0.5) is 14.7 Å². The van der Waals surface area contributed by atoms with Crippen LogP contribution in [0.1, 0.15) is 53.4 Å². The summed E-state index contributed by atoms with van der Waals surface area (Å²) in [6.45, 7) is 7.02. The number of thiazole rings is 2. The maximum atomic E-state index is 13.6. The van der Waals surface area contributed by atoms with Crippen molar-refractivity contribution in [3.05, 3.63) is 46.7 Å². The maximum Gasteiger partial charge on any atom is 0.330 e. The van der Waals surface area contributed by atoms with Gasteiger partial charge in [0.05, 0.1) is 33.3 Å². The number of nitrogens with one attached hydrogen (secondary N) is 4. The van der Waals surface area contributed by atoms with Gasteiger partial charge in [0.25, 0.3) is 0 Å². The van der Waals surface area contributed by atoms with Crippen molar-refractivity contribution in [2.45, 2.75) is 77.5 Å². The first-order valence-electron chi connectivity index (χ1n) is 16.4. The van der Waals surface area contributed by atoms with Crippen LogP contribution in [-0.4, -0.2) is 80.0 Å². The van der Waals surface area contributed by atoms with E-state index in [1.165, 1.54) is 29.5 Å². The minimum absolute atomic E-state index is 0.0177. The molecular formula is C34H38BrFN6O9S2. The van der Waals surface area contributed by atoms with E-state index in [0.29, 0.717) is 15.7 Å². The van der Waals surface area contributed by atoms with Gasteiger partial charge in [0.1, 0.15) is 30.0 Å². The number of ether oxygens (including phenoxy) is 1. The van der Waals surface area contributed by atoms with Crippen molar-refractivity contribution in [1.29, 1.82) is 0 Å². The van der Waals surface area contributed by atoms with Crippen LogP contribution in [0.2, 0.25) is 0 Å². The number of fused-ring (bicyclic) bond motifs is 2. The highest BCUT2D eigenvalue weighted by atomic mass is 79.9. The number of carboxylic acids is 2. The van der Waals surface area contributed by atoms with Gasteiger partial charge in [-0.15, -0.1) is 0 Å². The molecule has 284 valence electrons. The minimum Gasteiger partial charge on any atom is -0.480 e. The van der Waals surface area contributed by atoms with Crippen LogP contribution in [0.5, 0.6) is 0 Å². The second kappa shape index (κ2) is 18.6. The molecule has 4 aromatic rings. The largest absolute Gasteiger partial charge is 0.480 e. The van der Waals surface area contributed by atoms with Crippen LogP contribution in [0.25, 0.3) is 20.4 Å². The molecule has 0 saturated heterocycles. The molecule has 53 heavy (non-hydrogen) atoms. The number of halogens is 2. The van der Waals surface area contributed by atoms with Crippen molar-refractivity contribution in [3.8, 4) is 0 Å². The molecule has 2 aromatic heterocycles. The first-order chi connectivity index (χ1) is 25.0. The van der Waals surface area contributed by atoms with Gasteiger partial charge in [-0.2, -0.15) is 0 Å². The highest BCUT2D eigenvalue weighted by molar-refractivity contribution is 9.10. The van der Waals surface area contributed by atoms with Crippen LogP contribution in [0.15, 0.2) is 40.9 Å². The van der Waals surface area contributed by atoms with Gasteiger partial charge < -0.3 is 25.6 Å². The second-order valence-electron chi connectivity index (χ2n) is 13.0. The van der Waals surface area contributed by atoms with Gasteiger partial charge in [-0.25, -0.2) is 23.9 Å². The molecule has 2 heterocycles. The number of aromatic nitrogens is 2. The molecule has 0 fully saturated rings. The number of carbonyl (C=O) groups is 6. The topological polar surface area (TPSA) is 226 Å². The molecule has 4 atom stereocenters. The van der Waals surface area contributed by atoms with E-state index in [9.17, 15) is 43.4 Å². The van der Waals surface area contributed by atoms with Gasteiger partial charge in [-0.05, 0) is 61.1 Å². The lowest BCUT2D eigenvalue weighted by Gasteiger charge is -2.25. The van der Waals surface area contributed by atoms with E-state index in [1.54, 1.807) is 39.8 Å². The number of hydrogen-bond donors (Lipinski definition) is 6.